The normalized spacial score (nSPS) is 12.5. The molecule has 0 fully saturated rings. The van der Waals surface area contributed by atoms with Crippen LogP contribution in [0.1, 0.15) is 31.3 Å². The molecule has 1 heterocycles. The van der Waals surface area contributed by atoms with Crippen LogP contribution in [0.3, 0.4) is 0 Å². The number of nitrogens with two attached hydrogens (primary N) is 1. The Morgan fingerprint density at radius 2 is 2.24 bits per heavy atom. The van der Waals surface area contributed by atoms with Gasteiger partial charge in [0.15, 0.2) is 0 Å². The van der Waals surface area contributed by atoms with Crippen molar-refractivity contribution in [3.8, 4) is 0 Å². The number of rotatable bonds is 6. The monoisotopic (exact) mass is 238 g/mol. The molecule has 17 heavy (non-hydrogen) atoms. The minimum absolute atomic E-state index is 0.138. The van der Waals surface area contributed by atoms with E-state index in [9.17, 15) is 4.79 Å². The van der Waals surface area contributed by atoms with E-state index >= 15 is 0 Å². The average Bonchev–Trinajstić information content (AvgIpc) is 2.70. The van der Waals surface area contributed by atoms with Crippen molar-refractivity contribution in [3.63, 3.8) is 0 Å². The topological polar surface area (TPSA) is 59.5 Å². The molecule has 1 unspecified atom stereocenters. The Hall–Kier alpha value is -1.29. The van der Waals surface area contributed by atoms with Crippen molar-refractivity contribution in [2.45, 2.75) is 33.2 Å². The number of amides is 1. The lowest BCUT2D eigenvalue weighted by molar-refractivity contribution is -0.130. The molecule has 0 saturated heterocycles. The van der Waals surface area contributed by atoms with Crippen LogP contribution >= 0.6 is 0 Å². The van der Waals surface area contributed by atoms with Crippen LogP contribution in [-0.4, -0.2) is 24.4 Å². The van der Waals surface area contributed by atoms with E-state index in [4.69, 9.17) is 10.2 Å². The summed E-state index contributed by atoms with van der Waals surface area (Å²) in [4.78, 5) is 13.5. The summed E-state index contributed by atoms with van der Waals surface area (Å²) in [6, 6.07) is 3.81. The Labute approximate surface area is 103 Å². The molecule has 0 saturated carbocycles. The first-order valence-corrected chi connectivity index (χ1v) is 6.02. The maximum Gasteiger partial charge on any atom is 0.222 e. The first kappa shape index (κ1) is 13.8. The maximum absolute atomic E-state index is 11.8. The molecule has 0 aliphatic heterocycles. The molecule has 0 aromatic carbocycles. The van der Waals surface area contributed by atoms with E-state index in [0.717, 1.165) is 17.9 Å². The Morgan fingerprint density at radius 3 is 2.76 bits per heavy atom. The van der Waals surface area contributed by atoms with E-state index in [2.05, 4.69) is 6.92 Å². The molecule has 0 radical (unpaired) electrons. The highest BCUT2D eigenvalue weighted by atomic mass is 16.3. The van der Waals surface area contributed by atoms with Crippen molar-refractivity contribution in [1.29, 1.82) is 0 Å². The van der Waals surface area contributed by atoms with Gasteiger partial charge in [-0.05, 0) is 37.9 Å². The fraction of sp³-hybridized carbons (Fsp3) is 0.615. The van der Waals surface area contributed by atoms with Crippen molar-refractivity contribution in [3.05, 3.63) is 23.7 Å². The molecule has 1 aromatic heterocycles. The van der Waals surface area contributed by atoms with Crippen LogP contribution in [0.15, 0.2) is 16.5 Å². The standard InChI is InChI=1S/C13H22N2O2/c1-10(8-14)4-7-13(16)15(3)9-12-6-5-11(2)17-12/h5-6,10H,4,7-9,14H2,1-3H3. The first-order chi connectivity index (χ1) is 8.02. The summed E-state index contributed by atoms with van der Waals surface area (Å²) in [5, 5.41) is 0. The zero-order valence-electron chi connectivity index (χ0n) is 10.9. The van der Waals surface area contributed by atoms with Gasteiger partial charge < -0.3 is 15.1 Å². The highest BCUT2D eigenvalue weighted by Gasteiger charge is 2.12. The minimum atomic E-state index is 0.138. The van der Waals surface area contributed by atoms with E-state index < -0.39 is 0 Å². The number of aryl methyl sites for hydroxylation is 1. The van der Waals surface area contributed by atoms with Gasteiger partial charge in [0.2, 0.25) is 5.91 Å². The summed E-state index contributed by atoms with van der Waals surface area (Å²) in [5.74, 6) is 2.24. The molecule has 4 nitrogen and oxygen atoms in total. The molecular weight excluding hydrogens is 216 g/mol. The van der Waals surface area contributed by atoms with Crippen molar-refractivity contribution in [2.24, 2.45) is 11.7 Å². The second-order valence-corrected chi connectivity index (χ2v) is 4.64. The predicted molar refractivity (Wildman–Crippen MR) is 67.4 cm³/mol. The van der Waals surface area contributed by atoms with Crippen LogP contribution < -0.4 is 5.73 Å². The molecule has 1 aromatic rings. The Bertz CT molecular complexity index is 360. The van der Waals surface area contributed by atoms with Crippen molar-refractivity contribution >= 4 is 5.91 Å². The van der Waals surface area contributed by atoms with E-state index in [-0.39, 0.29) is 5.91 Å². The molecule has 0 aliphatic rings. The zero-order chi connectivity index (χ0) is 12.8. The average molecular weight is 238 g/mol. The Kier molecular flexibility index (Phi) is 5.22. The number of furan rings is 1. The zero-order valence-corrected chi connectivity index (χ0v) is 10.9. The highest BCUT2D eigenvalue weighted by Crippen LogP contribution is 2.11. The molecule has 1 amide bonds. The summed E-state index contributed by atoms with van der Waals surface area (Å²) < 4.78 is 5.44. The molecule has 0 aliphatic carbocycles. The lowest BCUT2D eigenvalue weighted by Gasteiger charge is -2.16. The summed E-state index contributed by atoms with van der Waals surface area (Å²) in [6.07, 6.45) is 1.39. The van der Waals surface area contributed by atoms with Crippen molar-refractivity contribution in [2.75, 3.05) is 13.6 Å². The van der Waals surface area contributed by atoms with Gasteiger partial charge in [-0.15, -0.1) is 0 Å². The quantitative estimate of drug-likeness (QED) is 0.823. The molecule has 2 N–H and O–H groups in total. The van der Waals surface area contributed by atoms with Gasteiger partial charge in [0.05, 0.1) is 6.54 Å². The van der Waals surface area contributed by atoms with Crippen molar-refractivity contribution < 1.29 is 9.21 Å². The Balaban J connectivity index is 2.36. The lowest BCUT2D eigenvalue weighted by atomic mass is 10.1. The van der Waals surface area contributed by atoms with Crippen LogP contribution in [-0.2, 0) is 11.3 Å². The summed E-state index contributed by atoms with van der Waals surface area (Å²) >= 11 is 0. The molecular formula is C13H22N2O2. The van der Waals surface area contributed by atoms with Crippen LogP contribution in [0.2, 0.25) is 0 Å². The van der Waals surface area contributed by atoms with Gasteiger partial charge in [0, 0.05) is 13.5 Å². The van der Waals surface area contributed by atoms with E-state index in [1.807, 2.05) is 19.1 Å². The molecule has 1 rings (SSSR count). The fourth-order valence-electron chi connectivity index (χ4n) is 1.57. The van der Waals surface area contributed by atoms with Gasteiger partial charge in [-0.25, -0.2) is 0 Å². The molecule has 96 valence electrons. The lowest BCUT2D eigenvalue weighted by Crippen LogP contribution is -2.26. The van der Waals surface area contributed by atoms with E-state index in [1.165, 1.54) is 0 Å². The predicted octanol–water partition coefficient (Wildman–Crippen LogP) is 1.92. The van der Waals surface area contributed by atoms with Gasteiger partial charge in [0.1, 0.15) is 11.5 Å². The second kappa shape index (κ2) is 6.45. The van der Waals surface area contributed by atoms with Gasteiger partial charge >= 0.3 is 0 Å². The Morgan fingerprint density at radius 1 is 1.53 bits per heavy atom. The van der Waals surface area contributed by atoms with Gasteiger partial charge in [-0.3, -0.25) is 4.79 Å². The third-order valence-electron chi connectivity index (χ3n) is 2.87. The molecule has 0 spiro atoms. The van der Waals surface area contributed by atoms with Gasteiger partial charge in [0.25, 0.3) is 0 Å². The number of nitrogens with zero attached hydrogens (tertiary/aromatic N) is 1. The number of hydrogen-bond donors (Lipinski definition) is 1. The van der Waals surface area contributed by atoms with Gasteiger partial charge in [-0.1, -0.05) is 6.92 Å². The smallest absolute Gasteiger partial charge is 0.222 e. The third kappa shape index (κ3) is 4.61. The first-order valence-electron chi connectivity index (χ1n) is 6.02. The van der Waals surface area contributed by atoms with Crippen LogP contribution in [0.25, 0.3) is 0 Å². The van der Waals surface area contributed by atoms with Gasteiger partial charge in [-0.2, -0.15) is 0 Å². The molecule has 0 bridgehead atoms. The SMILES string of the molecule is Cc1ccc(CN(C)C(=O)CCC(C)CN)o1. The summed E-state index contributed by atoms with van der Waals surface area (Å²) in [7, 11) is 1.80. The molecule has 1 atom stereocenters. The maximum atomic E-state index is 11.8. The van der Waals surface area contributed by atoms with Crippen molar-refractivity contribution in [1.82, 2.24) is 4.90 Å². The number of hydrogen-bond acceptors (Lipinski definition) is 3. The largest absolute Gasteiger partial charge is 0.464 e. The fourth-order valence-corrected chi connectivity index (χ4v) is 1.57. The number of carbonyl (C=O) groups excluding carboxylic acids is 1. The van der Waals surface area contributed by atoms with Crippen LogP contribution in [0, 0.1) is 12.8 Å². The third-order valence-corrected chi connectivity index (χ3v) is 2.87. The highest BCUT2D eigenvalue weighted by molar-refractivity contribution is 5.75. The van der Waals surface area contributed by atoms with E-state index in [1.54, 1.807) is 11.9 Å². The minimum Gasteiger partial charge on any atom is -0.464 e. The molecule has 4 heteroatoms. The second-order valence-electron chi connectivity index (χ2n) is 4.64. The number of carbonyl (C=O) groups is 1. The summed E-state index contributed by atoms with van der Waals surface area (Å²) in [6.45, 7) is 5.12. The van der Waals surface area contributed by atoms with E-state index in [0.29, 0.717) is 25.4 Å². The van der Waals surface area contributed by atoms with Crippen LogP contribution in [0.5, 0.6) is 0 Å². The summed E-state index contributed by atoms with van der Waals surface area (Å²) in [5.41, 5.74) is 5.52. The van der Waals surface area contributed by atoms with Crippen LogP contribution in [0.4, 0.5) is 0 Å².